The average Bonchev–Trinajstić information content (AvgIpc) is 2.79. The third kappa shape index (κ3) is 6.26. The van der Waals surface area contributed by atoms with Gasteiger partial charge in [-0.25, -0.2) is 13.1 Å². The van der Waals surface area contributed by atoms with Crippen molar-refractivity contribution >= 4 is 15.9 Å². The van der Waals surface area contributed by atoms with Crippen LogP contribution in [0.25, 0.3) is 0 Å². The molecule has 0 heterocycles. The molecule has 0 bridgehead atoms. The first-order valence-electron chi connectivity index (χ1n) is 10.4. The maximum Gasteiger partial charge on any atom is 0.251 e. The zero-order valence-electron chi connectivity index (χ0n) is 18.6. The van der Waals surface area contributed by atoms with Crippen LogP contribution >= 0.6 is 0 Å². The largest absolute Gasteiger partial charge is 0.350 e. The Hall–Kier alpha value is -3.00. The van der Waals surface area contributed by atoms with Crippen LogP contribution in [0.15, 0.2) is 83.8 Å². The normalized spacial score (nSPS) is 12.5. The van der Waals surface area contributed by atoms with E-state index >= 15 is 0 Å². The first-order valence-corrected chi connectivity index (χ1v) is 11.9. The number of likely N-dealkylation sites (N-methyl/N-ethyl adjacent to an activating group) is 1. The molecule has 2 N–H and O–H groups in total. The summed E-state index contributed by atoms with van der Waals surface area (Å²) in [6.45, 7) is 2.62. The van der Waals surface area contributed by atoms with Crippen LogP contribution in [0, 0.1) is 6.92 Å². The Morgan fingerprint density at radius 2 is 1.62 bits per heavy atom. The van der Waals surface area contributed by atoms with Gasteiger partial charge in [0.05, 0.1) is 10.9 Å². The summed E-state index contributed by atoms with van der Waals surface area (Å²) >= 11 is 0. The van der Waals surface area contributed by atoms with Crippen molar-refractivity contribution in [1.82, 2.24) is 14.9 Å². The van der Waals surface area contributed by atoms with E-state index in [0.717, 1.165) is 11.1 Å². The fourth-order valence-corrected chi connectivity index (χ4v) is 4.40. The number of nitrogens with one attached hydrogen (secondary N) is 2. The molecule has 168 valence electrons. The van der Waals surface area contributed by atoms with Crippen molar-refractivity contribution in [2.24, 2.45) is 0 Å². The maximum atomic E-state index is 12.8. The lowest BCUT2D eigenvalue weighted by molar-refractivity contribution is 0.0941. The molecule has 0 fully saturated rings. The van der Waals surface area contributed by atoms with E-state index in [4.69, 9.17) is 0 Å². The van der Waals surface area contributed by atoms with Gasteiger partial charge in [-0.05, 0) is 50.3 Å². The van der Waals surface area contributed by atoms with Gasteiger partial charge in [-0.3, -0.25) is 4.79 Å². The van der Waals surface area contributed by atoms with Crippen LogP contribution in [0.1, 0.15) is 33.1 Å². The summed E-state index contributed by atoms with van der Waals surface area (Å²) in [6, 6.07) is 23.6. The number of carbonyl (C=O) groups excluding carboxylic acids is 1. The fourth-order valence-electron chi connectivity index (χ4n) is 3.34. The first-order chi connectivity index (χ1) is 15.3. The first kappa shape index (κ1) is 23.7. The third-order valence-corrected chi connectivity index (χ3v) is 6.66. The molecule has 32 heavy (non-hydrogen) atoms. The van der Waals surface area contributed by atoms with E-state index in [2.05, 4.69) is 22.2 Å². The van der Waals surface area contributed by atoms with Crippen LogP contribution in [0.4, 0.5) is 0 Å². The Morgan fingerprint density at radius 1 is 0.938 bits per heavy atom. The molecule has 6 nitrogen and oxygen atoms in total. The van der Waals surface area contributed by atoms with E-state index in [-0.39, 0.29) is 23.4 Å². The number of aryl methyl sites for hydroxylation is 1. The monoisotopic (exact) mass is 451 g/mol. The van der Waals surface area contributed by atoms with Crippen molar-refractivity contribution < 1.29 is 13.2 Å². The Labute approximate surface area is 190 Å². The standard InChI is InChI=1S/C25H29N3O3S/c1-19-12-14-21(15-13-19)24(28(2)3)18-26-25(29)22-10-7-11-23(16-22)32(30,31)27-17-20-8-5-4-6-9-20/h4-16,24,27H,17-18H2,1-3H3,(H,26,29). The Kier molecular flexibility index (Phi) is 7.80. The minimum atomic E-state index is -3.74. The molecule has 1 amide bonds. The summed E-state index contributed by atoms with van der Waals surface area (Å²) in [7, 11) is 0.177. The molecular formula is C25H29N3O3S. The Bertz CT molecular complexity index is 1140. The van der Waals surface area contributed by atoms with E-state index < -0.39 is 10.0 Å². The van der Waals surface area contributed by atoms with Gasteiger partial charge in [0.15, 0.2) is 0 Å². The van der Waals surface area contributed by atoms with Gasteiger partial charge >= 0.3 is 0 Å². The molecule has 0 saturated heterocycles. The molecule has 0 aliphatic heterocycles. The molecule has 0 aliphatic rings. The summed E-state index contributed by atoms with van der Waals surface area (Å²) in [4.78, 5) is 14.9. The SMILES string of the molecule is Cc1ccc(C(CNC(=O)c2cccc(S(=O)(=O)NCc3ccccc3)c2)N(C)C)cc1. The molecule has 0 aromatic heterocycles. The van der Waals surface area contributed by atoms with Crippen LogP contribution in [0.3, 0.4) is 0 Å². The van der Waals surface area contributed by atoms with Crippen LogP contribution in [0.2, 0.25) is 0 Å². The van der Waals surface area contributed by atoms with E-state index in [9.17, 15) is 13.2 Å². The average molecular weight is 452 g/mol. The van der Waals surface area contributed by atoms with E-state index in [1.807, 2.05) is 68.4 Å². The summed E-state index contributed by atoms with van der Waals surface area (Å²) in [6.07, 6.45) is 0. The second-order valence-electron chi connectivity index (χ2n) is 7.94. The zero-order chi connectivity index (χ0) is 23.1. The number of amides is 1. The molecule has 7 heteroatoms. The van der Waals surface area contributed by atoms with E-state index in [1.54, 1.807) is 12.1 Å². The zero-order valence-corrected chi connectivity index (χ0v) is 19.4. The van der Waals surface area contributed by atoms with Gasteiger partial charge in [-0.15, -0.1) is 0 Å². The number of rotatable bonds is 9. The minimum Gasteiger partial charge on any atom is -0.350 e. The molecule has 3 aromatic rings. The lowest BCUT2D eigenvalue weighted by Crippen LogP contribution is -2.34. The number of nitrogens with zero attached hydrogens (tertiary/aromatic N) is 1. The minimum absolute atomic E-state index is 0.000922. The van der Waals surface area contributed by atoms with Gasteiger partial charge in [0, 0.05) is 18.7 Å². The van der Waals surface area contributed by atoms with Crippen molar-refractivity contribution in [3.63, 3.8) is 0 Å². The lowest BCUT2D eigenvalue weighted by atomic mass is 10.0. The summed E-state index contributed by atoms with van der Waals surface area (Å²) in [5.74, 6) is -0.316. The van der Waals surface area contributed by atoms with Gasteiger partial charge < -0.3 is 10.2 Å². The lowest BCUT2D eigenvalue weighted by Gasteiger charge is -2.25. The Balaban J connectivity index is 1.68. The van der Waals surface area contributed by atoms with Gasteiger partial charge in [0.2, 0.25) is 10.0 Å². The summed E-state index contributed by atoms with van der Waals surface area (Å²) in [5.41, 5.74) is 3.43. The molecule has 0 saturated carbocycles. The highest BCUT2D eigenvalue weighted by molar-refractivity contribution is 7.89. The number of hydrogen-bond donors (Lipinski definition) is 2. The quantitative estimate of drug-likeness (QED) is 0.522. The van der Waals surface area contributed by atoms with Crippen molar-refractivity contribution in [3.05, 3.63) is 101 Å². The molecule has 1 atom stereocenters. The van der Waals surface area contributed by atoms with E-state index in [1.165, 1.54) is 17.7 Å². The number of hydrogen-bond acceptors (Lipinski definition) is 4. The van der Waals surface area contributed by atoms with Crippen molar-refractivity contribution in [1.29, 1.82) is 0 Å². The smallest absolute Gasteiger partial charge is 0.251 e. The fraction of sp³-hybridized carbons (Fsp3) is 0.240. The van der Waals surface area contributed by atoms with Crippen LogP contribution in [-0.4, -0.2) is 39.9 Å². The second kappa shape index (κ2) is 10.5. The summed E-state index contributed by atoms with van der Waals surface area (Å²) < 4.78 is 28.0. The number of sulfonamides is 1. The van der Waals surface area contributed by atoms with Gasteiger partial charge in [-0.1, -0.05) is 66.2 Å². The molecule has 0 radical (unpaired) electrons. The summed E-state index contributed by atoms with van der Waals surface area (Å²) in [5, 5.41) is 2.93. The number of carbonyl (C=O) groups is 1. The highest BCUT2D eigenvalue weighted by atomic mass is 32.2. The van der Waals surface area contributed by atoms with Gasteiger partial charge in [0.25, 0.3) is 5.91 Å². The third-order valence-electron chi connectivity index (χ3n) is 5.26. The van der Waals surface area contributed by atoms with Crippen LogP contribution in [-0.2, 0) is 16.6 Å². The van der Waals surface area contributed by atoms with Crippen LogP contribution in [0.5, 0.6) is 0 Å². The van der Waals surface area contributed by atoms with Crippen LogP contribution < -0.4 is 10.0 Å². The van der Waals surface area contributed by atoms with E-state index in [0.29, 0.717) is 12.1 Å². The topological polar surface area (TPSA) is 78.5 Å². The van der Waals surface area contributed by atoms with Crippen molar-refractivity contribution in [3.8, 4) is 0 Å². The van der Waals surface area contributed by atoms with Crippen molar-refractivity contribution in [2.45, 2.75) is 24.4 Å². The number of benzene rings is 3. The second-order valence-corrected chi connectivity index (χ2v) is 9.71. The highest BCUT2D eigenvalue weighted by Gasteiger charge is 2.18. The predicted octanol–water partition coefficient (Wildman–Crippen LogP) is 3.51. The predicted molar refractivity (Wildman–Crippen MR) is 127 cm³/mol. The molecular weight excluding hydrogens is 422 g/mol. The van der Waals surface area contributed by atoms with Crippen molar-refractivity contribution in [2.75, 3.05) is 20.6 Å². The van der Waals surface area contributed by atoms with Gasteiger partial charge in [-0.2, -0.15) is 0 Å². The molecule has 3 rings (SSSR count). The molecule has 1 unspecified atom stereocenters. The maximum absolute atomic E-state index is 12.8. The van der Waals surface area contributed by atoms with Gasteiger partial charge in [0.1, 0.15) is 0 Å². The molecule has 3 aromatic carbocycles. The molecule has 0 aliphatic carbocycles. The Morgan fingerprint density at radius 3 is 2.28 bits per heavy atom. The highest BCUT2D eigenvalue weighted by Crippen LogP contribution is 2.18. The molecule has 0 spiro atoms.